The zero-order valence-electron chi connectivity index (χ0n) is 12.9. The van der Waals surface area contributed by atoms with E-state index in [1.54, 1.807) is 0 Å². The van der Waals surface area contributed by atoms with Gasteiger partial charge in [-0.15, -0.1) is 0 Å². The van der Waals surface area contributed by atoms with Crippen LogP contribution in [0.4, 0.5) is 10.5 Å². The lowest BCUT2D eigenvalue weighted by molar-refractivity contribution is 0.0559. The molecular formula is C18H22N2O2. The molecule has 1 aliphatic rings. The number of ether oxygens (including phenoxy) is 1. The summed E-state index contributed by atoms with van der Waals surface area (Å²) in [7, 11) is 0. The molecule has 2 amide bonds. The second-order valence-corrected chi connectivity index (χ2v) is 5.90. The summed E-state index contributed by atoms with van der Waals surface area (Å²) < 4.78 is 5.44. The van der Waals surface area contributed by atoms with Crippen LogP contribution in [0.1, 0.15) is 18.4 Å². The summed E-state index contributed by atoms with van der Waals surface area (Å²) in [5, 5.41) is 8.16. The number of nitrogens with one attached hydrogen (secondary N) is 2. The van der Waals surface area contributed by atoms with E-state index in [2.05, 4.69) is 22.8 Å². The second kappa shape index (κ2) is 6.79. The molecule has 1 heterocycles. The number of anilines is 1. The second-order valence-electron chi connectivity index (χ2n) is 5.90. The van der Waals surface area contributed by atoms with E-state index in [0.29, 0.717) is 12.5 Å². The first-order valence-electron chi connectivity index (χ1n) is 7.85. The number of hydrogen-bond donors (Lipinski definition) is 2. The van der Waals surface area contributed by atoms with Gasteiger partial charge in [0.2, 0.25) is 0 Å². The third-order valence-corrected chi connectivity index (χ3v) is 4.18. The van der Waals surface area contributed by atoms with Crippen LogP contribution in [-0.2, 0) is 4.74 Å². The summed E-state index contributed by atoms with van der Waals surface area (Å²) in [6.07, 6.45) is 2.20. The summed E-state index contributed by atoms with van der Waals surface area (Å²) in [4.78, 5) is 12.2. The Morgan fingerprint density at radius 2 is 2.14 bits per heavy atom. The van der Waals surface area contributed by atoms with Gasteiger partial charge in [-0.3, -0.25) is 0 Å². The van der Waals surface area contributed by atoms with Crippen LogP contribution >= 0.6 is 0 Å². The number of aryl methyl sites for hydroxylation is 1. The largest absolute Gasteiger partial charge is 0.381 e. The maximum atomic E-state index is 12.2. The molecule has 0 spiro atoms. The van der Waals surface area contributed by atoms with Crippen LogP contribution in [0.15, 0.2) is 36.4 Å². The predicted molar refractivity (Wildman–Crippen MR) is 89.2 cm³/mol. The van der Waals surface area contributed by atoms with Crippen molar-refractivity contribution in [1.29, 1.82) is 0 Å². The van der Waals surface area contributed by atoms with Gasteiger partial charge in [0, 0.05) is 18.5 Å². The van der Waals surface area contributed by atoms with E-state index >= 15 is 0 Å². The molecule has 1 aliphatic heterocycles. The molecule has 22 heavy (non-hydrogen) atoms. The van der Waals surface area contributed by atoms with E-state index in [1.165, 1.54) is 0 Å². The van der Waals surface area contributed by atoms with Crippen LogP contribution in [0.25, 0.3) is 10.8 Å². The van der Waals surface area contributed by atoms with Crippen molar-refractivity contribution in [3.8, 4) is 0 Å². The lowest BCUT2D eigenvalue weighted by atomic mass is 10.0. The Morgan fingerprint density at radius 3 is 2.95 bits per heavy atom. The highest BCUT2D eigenvalue weighted by atomic mass is 16.5. The number of fused-ring (bicyclic) bond motifs is 1. The molecule has 116 valence electrons. The number of carbonyl (C=O) groups excluding carboxylic acids is 1. The van der Waals surface area contributed by atoms with E-state index in [9.17, 15) is 4.79 Å². The molecule has 2 N–H and O–H groups in total. The molecule has 2 aromatic carbocycles. The maximum absolute atomic E-state index is 12.2. The monoisotopic (exact) mass is 298 g/mol. The van der Waals surface area contributed by atoms with Gasteiger partial charge in [0.05, 0.1) is 12.3 Å². The lowest BCUT2D eigenvalue weighted by Crippen LogP contribution is -2.36. The highest BCUT2D eigenvalue weighted by molar-refractivity contribution is 6.02. The smallest absolute Gasteiger partial charge is 0.319 e. The molecule has 0 saturated carbocycles. The highest BCUT2D eigenvalue weighted by Crippen LogP contribution is 2.26. The van der Waals surface area contributed by atoms with Gasteiger partial charge in [-0.05, 0) is 36.6 Å². The molecule has 2 aromatic rings. The molecule has 0 bridgehead atoms. The molecule has 4 heteroatoms. The van der Waals surface area contributed by atoms with Gasteiger partial charge in [0.15, 0.2) is 0 Å². The molecule has 1 fully saturated rings. The van der Waals surface area contributed by atoms with Gasteiger partial charge in [-0.1, -0.05) is 36.4 Å². The first-order valence-corrected chi connectivity index (χ1v) is 7.85. The molecular weight excluding hydrogens is 276 g/mol. The Morgan fingerprint density at radius 1 is 1.27 bits per heavy atom. The maximum Gasteiger partial charge on any atom is 0.319 e. The third kappa shape index (κ3) is 3.39. The Kier molecular flexibility index (Phi) is 4.59. The molecule has 1 saturated heterocycles. The average molecular weight is 298 g/mol. The Hall–Kier alpha value is -2.07. The van der Waals surface area contributed by atoms with Crippen molar-refractivity contribution in [1.82, 2.24) is 5.32 Å². The SMILES string of the molecule is Cc1ccc2ccccc2c1NC(=O)NC[C@H]1CCCOC1. The van der Waals surface area contributed by atoms with Crippen molar-refractivity contribution in [2.45, 2.75) is 19.8 Å². The number of urea groups is 1. The van der Waals surface area contributed by atoms with Crippen molar-refractivity contribution in [2.75, 3.05) is 25.1 Å². The summed E-state index contributed by atoms with van der Waals surface area (Å²) in [5.74, 6) is 0.424. The van der Waals surface area contributed by atoms with Crippen LogP contribution in [0.5, 0.6) is 0 Å². The van der Waals surface area contributed by atoms with Crippen molar-refractivity contribution in [2.24, 2.45) is 5.92 Å². The van der Waals surface area contributed by atoms with Gasteiger partial charge in [0.25, 0.3) is 0 Å². The predicted octanol–water partition coefficient (Wildman–Crippen LogP) is 3.70. The van der Waals surface area contributed by atoms with Crippen LogP contribution in [-0.4, -0.2) is 25.8 Å². The molecule has 0 aromatic heterocycles. The van der Waals surface area contributed by atoms with Crippen LogP contribution < -0.4 is 10.6 Å². The summed E-state index contributed by atoms with van der Waals surface area (Å²) in [6.45, 7) is 4.26. The Bertz CT molecular complexity index is 663. The van der Waals surface area contributed by atoms with Crippen molar-refractivity contribution in [3.63, 3.8) is 0 Å². The number of benzene rings is 2. The quantitative estimate of drug-likeness (QED) is 0.908. The normalized spacial score (nSPS) is 18.1. The number of carbonyl (C=O) groups is 1. The minimum absolute atomic E-state index is 0.148. The first kappa shape index (κ1) is 14.9. The van der Waals surface area contributed by atoms with E-state index < -0.39 is 0 Å². The Labute approximate surface area is 130 Å². The summed E-state index contributed by atoms with van der Waals surface area (Å²) in [5.41, 5.74) is 1.95. The molecule has 0 aliphatic carbocycles. The molecule has 0 unspecified atom stereocenters. The fraction of sp³-hybridized carbons (Fsp3) is 0.389. The zero-order chi connectivity index (χ0) is 15.4. The van der Waals surface area contributed by atoms with Crippen LogP contribution in [0, 0.1) is 12.8 Å². The molecule has 4 nitrogen and oxygen atoms in total. The van der Waals surface area contributed by atoms with Crippen LogP contribution in [0.3, 0.4) is 0 Å². The standard InChI is InChI=1S/C18H22N2O2/c1-13-8-9-15-6-2-3-7-16(15)17(13)20-18(21)19-11-14-5-4-10-22-12-14/h2-3,6-9,14H,4-5,10-12H2,1H3,(H2,19,20,21)/t14-/m1/s1. The minimum Gasteiger partial charge on any atom is -0.381 e. The van der Waals surface area contributed by atoms with Gasteiger partial charge >= 0.3 is 6.03 Å². The third-order valence-electron chi connectivity index (χ3n) is 4.18. The first-order chi connectivity index (χ1) is 10.7. The zero-order valence-corrected chi connectivity index (χ0v) is 12.9. The fourth-order valence-corrected chi connectivity index (χ4v) is 2.91. The van der Waals surface area contributed by atoms with Crippen molar-refractivity contribution >= 4 is 22.5 Å². The Balaban J connectivity index is 1.67. The van der Waals surface area contributed by atoms with Crippen LogP contribution in [0.2, 0.25) is 0 Å². The van der Waals surface area contributed by atoms with Crippen molar-refractivity contribution in [3.05, 3.63) is 42.0 Å². The summed E-state index contributed by atoms with van der Waals surface area (Å²) >= 11 is 0. The molecule has 3 rings (SSSR count). The van der Waals surface area contributed by atoms with E-state index in [-0.39, 0.29) is 6.03 Å². The van der Waals surface area contributed by atoms with Gasteiger partial charge in [-0.25, -0.2) is 4.79 Å². The summed E-state index contributed by atoms with van der Waals surface area (Å²) in [6, 6.07) is 12.0. The van der Waals surface area contributed by atoms with Gasteiger partial charge in [-0.2, -0.15) is 0 Å². The molecule has 0 radical (unpaired) electrons. The number of amides is 2. The fourth-order valence-electron chi connectivity index (χ4n) is 2.91. The minimum atomic E-state index is -0.148. The van der Waals surface area contributed by atoms with E-state index in [4.69, 9.17) is 4.74 Å². The topological polar surface area (TPSA) is 50.4 Å². The van der Waals surface area contributed by atoms with E-state index in [1.807, 2.05) is 31.2 Å². The molecule has 1 atom stereocenters. The van der Waals surface area contributed by atoms with Crippen molar-refractivity contribution < 1.29 is 9.53 Å². The van der Waals surface area contributed by atoms with E-state index in [0.717, 1.165) is 48.1 Å². The average Bonchev–Trinajstić information content (AvgIpc) is 2.56. The van der Waals surface area contributed by atoms with Gasteiger partial charge in [0.1, 0.15) is 0 Å². The number of rotatable bonds is 3. The number of hydrogen-bond acceptors (Lipinski definition) is 2. The van der Waals surface area contributed by atoms with Gasteiger partial charge < -0.3 is 15.4 Å². The highest BCUT2D eigenvalue weighted by Gasteiger charge is 2.15. The lowest BCUT2D eigenvalue weighted by Gasteiger charge is -2.22.